The Hall–Kier alpha value is -9.25. The Balaban J connectivity index is 1.05. The lowest BCUT2D eigenvalue weighted by molar-refractivity contribution is 1.14. The highest BCUT2D eigenvalue weighted by Gasteiger charge is 2.42. The summed E-state index contributed by atoms with van der Waals surface area (Å²) in [5.41, 5.74) is 30.8. The Labute approximate surface area is 453 Å². The second-order valence-corrected chi connectivity index (χ2v) is 22.7. The SMILES string of the molecule is Cc1cc(C)c(B2c3cc4c(cc3-n3c5ccccc5c5c(-n6c7ccccc7c7ccccc76)ccc2c53)-n2c3ccccc3c3c(-n5c6ccccc6c6ccccc65)ccc(c32)B4c2c(C)cc(C)cc2C)c(C)c1. The Kier molecular flexibility index (Phi) is 8.83. The molecule has 2 aliphatic heterocycles. The number of benzene rings is 11. The van der Waals surface area contributed by atoms with Crippen LogP contribution in [0, 0.1) is 41.5 Å². The summed E-state index contributed by atoms with van der Waals surface area (Å²) in [4.78, 5) is 0. The minimum atomic E-state index is -0.0428. The van der Waals surface area contributed by atoms with Crippen molar-refractivity contribution >= 4 is 133 Å². The first-order valence-electron chi connectivity index (χ1n) is 27.7. The molecule has 4 nitrogen and oxygen atoms in total. The number of para-hydroxylation sites is 6. The van der Waals surface area contributed by atoms with Gasteiger partial charge in [-0.25, -0.2) is 0 Å². The molecule has 15 aromatic rings. The molecule has 0 atom stereocenters. The summed E-state index contributed by atoms with van der Waals surface area (Å²) in [5, 5.41) is 10.1. The third kappa shape index (κ3) is 5.61. The van der Waals surface area contributed by atoms with Gasteiger partial charge < -0.3 is 18.3 Å². The standard InChI is InChI=1S/C72H52B2N4/c1-41-35-43(3)69(44(4)36-41)73-53-31-33-63(75-57-25-13-7-19-47(57)48-20-8-14-26-58(48)75)67-51-23-11-17-29-61(51)77(71(53)67)65-40-66-56(39-55(65)73)74(70-45(5)37-42(2)38-46(70)6)54-32-34-64(68-52-24-12-18-30-62(52)78(66)72(54)68)76-59-27-15-9-21-49(59)50-22-10-16-28-60(50)76/h7-40H,1-6H3. The lowest BCUT2D eigenvalue weighted by atomic mass is 9.31. The first-order valence-corrected chi connectivity index (χ1v) is 27.7. The van der Waals surface area contributed by atoms with Crippen LogP contribution in [0.4, 0.5) is 0 Å². The molecule has 6 heteroatoms. The van der Waals surface area contributed by atoms with Gasteiger partial charge in [-0.1, -0.05) is 196 Å². The largest absolute Gasteiger partial charge is 0.310 e. The third-order valence-electron chi connectivity index (χ3n) is 18.2. The van der Waals surface area contributed by atoms with Crippen LogP contribution in [0.5, 0.6) is 0 Å². The van der Waals surface area contributed by atoms with Crippen molar-refractivity contribution in [1.82, 2.24) is 18.3 Å². The van der Waals surface area contributed by atoms with Crippen LogP contribution in [0.15, 0.2) is 206 Å². The second-order valence-electron chi connectivity index (χ2n) is 22.7. The molecule has 0 N–H and O–H groups in total. The Morgan fingerprint density at radius 1 is 0.256 bits per heavy atom. The van der Waals surface area contributed by atoms with Gasteiger partial charge in [0.15, 0.2) is 0 Å². The van der Waals surface area contributed by atoms with Crippen molar-refractivity contribution in [1.29, 1.82) is 0 Å². The van der Waals surface area contributed by atoms with Gasteiger partial charge >= 0.3 is 0 Å². The molecule has 0 amide bonds. The summed E-state index contributed by atoms with van der Waals surface area (Å²) in [6.45, 7) is 13.8. The lowest BCUT2D eigenvalue weighted by Crippen LogP contribution is -2.62. The van der Waals surface area contributed by atoms with E-state index in [1.54, 1.807) is 0 Å². The van der Waals surface area contributed by atoms with Gasteiger partial charge in [0.25, 0.3) is 0 Å². The Morgan fingerprint density at radius 2 is 0.551 bits per heavy atom. The summed E-state index contributed by atoms with van der Waals surface area (Å²) in [5.74, 6) is 0. The monoisotopic (exact) mass is 994 g/mol. The van der Waals surface area contributed by atoms with Crippen LogP contribution in [-0.4, -0.2) is 31.7 Å². The maximum absolute atomic E-state index is 2.67. The fourth-order valence-electron chi connectivity index (χ4n) is 15.6. The molecule has 6 heterocycles. The van der Waals surface area contributed by atoms with E-state index in [9.17, 15) is 0 Å². The zero-order valence-electron chi connectivity index (χ0n) is 44.6. The van der Waals surface area contributed by atoms with Crippen molar-refractivity contribution in [2.45, 2.75) is 41.5 Å². The van der Waals surface area contributed by atoms with E-state index < -0.39 is 0 Å². The highest BCUT2D eigenvalue weighted by molar-refractivity contribution is 7.01. The molecule has 0 fully saturated rings. The summed E-state index contributed by atoms with van der Waals surface area (Å²) in [6, 6.07) is 78.9. The molecule has 0 unspecified atom stereocenters. The van der Waals surface area contributed by atoms with E-state index in [4.69, 9.17) is 0 Å². The molecule has 0 spiro atoms. The molecule has 4 aromatic heterocycles. The van der Waals surface area contributed by atoms with Crippen LogP contribution >= 0.6 is 0 Å². The van der Waals surface area contributed by atoms with E-state index in [1.165, 1.54) is 176 Å². The van der Waals surface area contributed by atoms with Crippen LogP contribution in [-0.2, 0) is 0 Å². The number of hydrogen-bond donors (Lipinski definition) is 0. The quantitative estimate of drug-likeness (QED) is 0.157. The van der Waals surface area contributed by atoms with Crippen LogP contribution in [0.2, 0.25) is 0 Å². The average Bonchev–Trinajstić information content (AvgIpc) is 4.36. The summed E-state index contributed by atoms with van der Waals surface area (Å²) in [7, 11) is 0. The molecular weight excluding hydrogens is 942 g/mol. The molecular formula is C72H52B2N4. The number of nitrogens with zero attached hydrogens (tertiary/aromatic N) is 4. The van der Waals surface area contributed by atoms with Crippen LogP contribution < -0.4 is 32.8 Å². The van der Waals surface area contributed by atoms with Crippen molar-refractivity contribution in [2.24, 2.45) is 0 Å². The van der Waals surface area contributed by atoms with E-state index in [2.05, 4.69) is 266 Å². The normalized spacial score (nSPS) is 12.9. The van der Waals surface area contributed by atoms with Gasteiger partial charge in [-0.3, -0.25) is 0 Å². The maximum atomic E-state index is 2.67. The Morgan fingerprint density at radius 3 is 0.885 bits per heavy atom. The van der Waals surface area contributed by atoms with Crippen molar-refractivity contribution < 1.29 is 0 Å². The molecule has 0 bridgehead atoms. The molecule has 366 valence electrons. The van der Waals surface area contributed by atoms with Crippen LogP contribution in [0.3, 0.4) is 0 Å². The van der Waals surface area contributed by atoms with Crippen molar-refractivity contribution in [3.05, 3.63) is 240 Å². The van der Waals surface area contributed by atoms with Gasteiger partial charge in [0.2, 0.25) is 13.4 Å². The van der Waals surface area contributed by atoms with Gasteiger partial charge in [0, 0.05) is 54.5 Å². The highest BCUT2D eigenvalue weighted by atomic mass is 15.1. The number of aryl methyl sites for hydroxylation is 6. The van der Waals surface area contributed by atoms with E-state index in [0.717, 1.165) is 0 Å². The molecule has 17 rings (SSSR count). The van der Waals surface area contributed by atoms with Gasteiger partial charge in [0.05, 0.1) is 55.5 Å². The van der Waals surface area contributed by atoms with E-state index in [-0.39, 0.29) is 13.4 Å². The molecule has 0 aliphatic carbocycles. The second kappa shape index (κ2) is 15.7. The van der Waals surface area contributed by atoms with Gasteiger partial charge in [-0.2, -0.15) is 0 Å². The predicted molar refractivity (Wildman–Crippen MR) is 334 cm³/mol. The summed E-state index contributed by atoms with van der Waals surface area (Å²) >= 11 is 0. The fraction of sp³-hybridized carbons (Fsp3) is 0.0833. The minimum absolute atomic E-state index is 0.0428. The van der Waals surface area contributed by atoms with Crippen LogP contribution in [0.25, 0.3) is 110 Å². The molecule has 0 saturated carbocycles. The Bertz CT molecular complexity index is 4720. The number of fused-ring (bicyclic) bond motifs is 16. The molecule has 2 aliphatic rings. The molecule has 11 aromatic carbocycles. The van der Waals surface area contributed by atoms with Crippen molar-refractivity contribution in [2.75, 3.05) is 0 Å². The average molecular weight is 995 g/mol. The third-order valence-corrected chi connectivity index (χ3v) is 18.2. The smallest absolute Gasteiger partial charge is 0.247 e. The number of rotatable bonds is 4. The van der Waals surface area contributed by atoms with Crippen LogP contribution in [0.1, 0.15) is 33.4 Å². The van der Waals surface area contributed by atoms with Gasteiger partial charge in [-0.15, -0.1) is 0 Å². The zero-order chi connectivity index (χ0) is 52.0. The first kappa shape index (κ1) is 43.9. The molecule has 0 saturated heterocycles. The summed E-state index contributed by atoms with van der Waals surface area (Å²) < 4.78 is 10.4. The van der Waals surface area contributed by atoms with Crippen molar-refractivity contribution in [3.8, 4) is 22.7 Å². The fourth-order valence-corrected chi connectivity index (χ4v) is 15.6. The van der Waals surface area contributed by atoms with E-state index in [0.29, 0.717) is 0 Å². The molecule has 78 heavy (non-hydrogen) atoms. The number of aromatic nitrogens is 4. The predicted octanol–water partition coefficient (Wildman–Crippen LogP) is 13.6. The highest BCUT2D eigenvalue weighted by Crippen LogP contribution is 2.44. The van der Waals surface area contributed by atoms with Crippen molar-refractivity contribution in [3.63, 3.8) is 0 Å². The molecule has 0 radical (unpaired) electrons. The first-order chi connectivity index (χ1) is 38.2. The van der Waals surface area contributed by atoms with Gasteiger partial charge in [-0.05, 0) is 118 Å². The van der Waals surface area contributed by atoms with E-state index in [1.807, 2.05) is 0 Å². The van der Waals surface area contributed by atoms with Gasteiger partial charge in [0.1, 0.15) is 0 Å². The minimum Gasteiger partial charge on any atom is -0.310 e. The number of hydrogen-bond acceptors (Lipinski definition) is 0. The topological polar surface area (TPSA) is 19.7 Å². The zero-order valence-corrected chi connectivity index (χ0v) is 44.6. The van der Waals surface area contributed by atoms with E-state index >= 15 is 0 Å². The maximum Gasteiger partial charge on any atom is 0.247 e. The summed E-state index contributed by atoms with van der Waals surface area (Å²) in [6.07, 6.45) is 0. The lowest BCUT2D eigenvalue weighted by Gasteiger charge is -2.34.